The highest BCUT2D eigenvalue weighted by molar-refractivity contribution is 5.95. The van der Waals surface area contributed by atoms with Crippen LogP contribution in [0.1, 0.15) is 18.4 Å². The minimum atomic E-state index is -0.310. The van der Waals surface area contributed by atoms with Crippen LogP contribution in [-0.2, 0) is 13.6 Å². The standard InChI is InChI=1S/C22H24FN5O/c1-27-21(25-22(29)24-15-16-8-3-2-4-9-16)20(28-12-5-6-13-28)19(26-27)17-10-7-11-18(23)14-17/h2-4,7-11,14H,5-6,12-13,15H2,1H3,(H2,24,25,29). The van der Waals surface area contributed by atoms with Gasteiger partial charge in [-0.25, -0.2) is 13.9 Å². The number of aryl methyl sites for hydroxylation is 1. The lowest BCUT2D eigenvalue weighted by molar-refractivity contribution is 0.251. The van der Waals surface area contributed by atoms with Crippen LogP contribution in [0.25, 0.3) is 11.3 Å². The zero-order chi connectivity index (χ0) is 20.2. The van der Waals surface area contributed by atoms with Crippen LogP contribution in [0.3, 0.4) is 0 Å². The van der Waals surface area contributed by atoms with Crippen LogP contribution < -0.4 is 15.5 Å². The van der Waals surface area contributed by atoms with Gasteiger partial charge in [-0.3, -0.25) is 5.32 Å². The maximum Gasteiger partial charge on any atom is 0.320 e. The van der Waals surface area contributed by atoms with Crippen molar-refractivity contribution in [1.29, 1.82) is 0 Å². The van der Waals surface area contributed by atoms with Crippen molar-refractivity contribution < 1.29 is 9.18 Å². The largest absolute Gasteiger partial charge is 0.367 e. The monoisotopic (exact) mass is 393 g/mol. The Bertz CT molecular complexity index is 996. The summed E-state index contributed by atoms with van der Waals surface area (Å²) >= 11 is 0. The summed E-state index contributed by atoms with van der Waals surface area (Å²) in [7, 11) is 1.79. The molecular weight excluding hydrogens is 369 g/mol. The van der Waals surface area contributed by atoms with E-state index in [0.717, 1.165) is 37.2 Å². The van der Waals surface area contributed by atoms with Crippen molar-refractivity contribution in [3.8, 4) is 11.3 Å². The van der Waals surface area contributed by atoms with Crippen LogP contribution in [0.4, 0.5) is 20.7 Å². The highest BCUT2D eigenvalue weighted by atomic mass is 19.1. The molecule has 0 spiro atoms. The third-order valence-electron chi connectivity index (χ3n) is 5.07. The summed E-state index contributed by atoms with van der Waals surface area (Å²) in [6.07, 6.45) is 2.16. The predicted octanol–water partition coefficient (Wildman–Crippen LogP) is 4.15. The van der Waals surface area contributed by atoms with Crippen molar-refractivity contribution in [2.75, 3.05) is 23.3 Å². The Hall–Kier alpha value is -3.35. The SMILES string of the molecule is Cn1nc(-c2cccc(F)c2)c(N2CCCC2)c1NC(=O)NCc1ccccc1. The van der Waals surface area contributed by atoms with Gasteiger partial charge < -0.3 is 10.2 Å². The number of carbonyl (C=O) groups excluding carboxylic acids is 1. The van der Waals surface area contributed by atoms with Gasteiger partial charge in [0.15, 0.2) is 5.82 Å². The summed E-state index contributed by atoms with van der Waals surface area (Å²) in [5.41, 5.74) is 3.23. The van der Waals surface area contributed by atoms with Gasteiger partial charge in [-0.1, -0.05) is 42.5 Å². The van der Waals surface area contributed by atoms with E-state index in [1.807, 2.05) is 36.4 Å². The Kier molecular flexibility index (Phi) is 5.46. The number of carbonyl (C=O) groups is 1. The summed E-state index contributed by atoms with van der Waals surface area (Å²) in [5.74, 6) is 0.298. The lowest BCUT2D eigenvalue weighted by Crippen LogP contribution is -2.30. The summed E-state index contributed by atoms with van der Waals surface area (Å²) < 4.78 is 15.5. The van der Waals surface area contributed by atoms with Gasteiger partial charge in [0.2, 0.25) is 0 Å². The van der Waals surface area contributed by atoms with Crippen LogP contribution in [0.15, 0.2) is 54.6 Å². The quantitative estimate of drug-likeness (QED) is 0.685. The lowest BCUT2D eigenvalue weighted by atomic mass is 10.1. The van der Waals surface area contributed by atoms with E-state index in [9.17, 15) is 9.18 Å². The van der Waals surface area contributed by atoms with Crippen molar-refractivity contribution in [2.24, 2.45) is 7.05 Å². The molecule has 1 saturated heterocycles. The minimum Gasteiger partial charge on any atom is -0.367 e. The molecule has 1 aliphatic rings. The number of aromatic nitrogens is 2. The van der Waals surface area contributed by atoms with Gasteiger partial charge >= 0.3 is 6.03 Å². The van der Waals surface area contributed by atoms with Gasteiger partial charge in [-0.05, 0) is 30.5 Å². The molecule has 29 heavy (non-hydrogen) atoms. The van der Waals surface area contributed by atoms with E-state index in [1.54, 1.807) is 17.8 Å². The molecule has 6 nitrogen and oxygen atoms in total. The molecule has 3 aromatic rings. The van der Waals surface area contributed by atoms with Crippen LogP contribution >= 0.6 is 0 Å². The number of benzene rings is 2. The second-order valence-electron chi connectivity index (χ2n) is 7.17. The van der Waals surface area contributed by atoms with Crippen molar-refractivity contribution in [3.05, 3.63) is 66.0 Å². The number of hydrogen-bond donors (Lipinski definition) is 2. The molecule has 1 aromatic heterocycles. The Morgan fingerprint density at radius 2 is 1.86 bits per heavy atom. The number of hydrogen-bond acceptors (Lipinski definition) is 3. The molecule has 2 N–H and O–H groups in total. The highest BCUT2D eigenvalue weighted by Gasteiger charge is 2.26. The summed E-state index contributed by atoms with van der Waals surface area (Å²) in [5, 5.41) is 10.4. The van der Waals surface area contributed by atoms with Crippen LogP contribution in [-0.4, -0.2) is 28.9 Å². The second-order valence-corrected chi connectivity index (χ2v) is 7.17. The predicted molar refractivity (Wildman–Crippen MR) is 112 cm³/mol. The Labute approximate surface area is 169 Å². The third-order valence-corrected chi connectivity index (χ3v) is 5.07. The molecule has 0 saturated carbocycles. The van der Waals surface area contributed by atoms with Crippen molar-refractivity contribution in [1.82, 2.24) is 15.1 Å². The van der Waals surface area contributed by atoms with Crippen LogP contribution in [0, 0.1) is 5.82 Å². The van der Waals surface area contributed by atoms with Gasteiger partial charge in [0.05, 0.1) is 0 Å². The van der Waals surface area contributed by atoms with Crippen molar-refractivity contribution in [2.45, 2.75) is 19.4 Å². The number of nitrogens with one attached hydrogen (secondary N) is 2. The molecule has 0 unspecified atom stereocenters. The second kappa shape index (κ2) is 8.34. The van der Waals surface area contributed by atoms with Crippen molar-refractivity contribution in [3.63, 3.8) is 0 Å². The van der Waals surface area contributed by atoms with Crippen molar-refractivity contribution >= 4 is 17.5 Å². The van der Waals surface area contributed by atoms with E-state index in [2.05, 4.69) is 20.6 Å². The summed E-state index contributed by atoms with van der Waals surface area (Å²) in [6.45, 7) is 2.20. The molecular formula is C22H24FN5O. The van der Waals surface area contributed by atoms with Gasteiger partial charge in [0, 0.05) is 32.2 Å². The minimum absolute atomic E-state index is 0.303. The van der Waals surface area contributed by atoms with E-state index in [-0.39, 0.29) is 11.8 Å². The first-order chi connectivity index (χ1) is 14.1. The lowest BCUT2D eigenvalue weighted by Gasteiger charge is -2.20. The van der Waals surface area contributed by atoms with Crippen LogP contribution in [0.5, 0.6) is 0 Å². The Morgan fingerprint density at radius 1 is 1.10 bits per heavy atom. The zero-order valence-electron chi connectivity index (χ0n) is 16.4. The molecule has 0 aliphatic carbocycles. The molecule has 1 fully saturated rings. The molecule has 0 atom stereocenters. The average Bonchev–Trinajstić information content (AvgIpc) is 3.36. The fraction of sp³-hybridized carbons (Fsp3) is 0.273. The van der Waals surface area contributed by atoms with E-state index < -0.39 is 0 Å². The highest BCUT2D eigenvalue weighted by Crippen LogP contribution is 2.38. The molecule has 2 aromatic carbocycles. The number of amides is 2. The Morgan fingerprint density at radius 3 is 2.59 bits per heavy atom. The fourth-order valence-corrected chi connectivity index (χ4v) is 3.65. The molecule has 0 radical (unpaired) electrons. The normalized spacial score (nSPS) is 13.5. The first-order valence-electron chi connectivity index (χ1n) is 9.78. The van der Waals surface area contributed by atoms with Gasteiger partial charge in [-0.2, -0.15) is 5.10 Å². The molecule has 2 heterocycles. The summed E-state index contributed by atoms with van der Waals surface area (Å²) in [4.78, 5) is 14.8. The zero-order valence-corrected chi connectivity index (χ0v) is 16.4. The molecule has 2 amide bonds. The van der Waals surface area contributed by atoms with E-state index in [4.69, 9.17) is 0 Å². The molecule has 0 bridgehead atoms. The number of nitrogens with zero attached hydrogens (tertiary/aromatic N) is 3. The number of anilines is 2. The van der Waals surface area contributed by atoms with Gasteiger partial charge in [0.25, 0.3) is 0 Å². The number of urea groups is 1. The first-order valence-corrected chi connectivity index (χ1v) is 9.78. The third kappa shape index (κ3) is 4.23. The van der Waals surface area contributed by atoms with Crippen LogP contribution in [0.2, 0.25) is 0 Å². The molecule has 4 rings (SSSR count). The van der Waals surface area contributed by atoms with Gasteiger partial charge in [-0.15, -0.1) is 0 Å². The fourth-order valence-electron chi connectivity index (χ4n) is 3.65. The maximum atomic E-state index is 13.8. The van der Waals surface area contributed by atoms with E-state index >= 15 is 0 Å². The smallest absolute Gasteiger partial charge is 0.320 e. The van der Waals surface area contributed by atoms with Gasteiger partial charge in [0.1, 0.15) is 17.2 Å². The Balaban J connectivity index is 1.61. The number of halogens is 1. The van der Waals surface area contributed by atoms with E-state index in [1.165, 1.54) is 12.1 Å². The first kappa shape index (κ1) is 19.0. The molecule has 7 heteroatoms. The summed E-state index contributed by atoms with van der Waals surface area (Å²) in [6, 6.07) is 15.8. The molecule has 1 aliphatic heterocycles. The molecule has 150 valence electrons. The average molecular weight is 393 g/mol. The topological polar surface area (TPSA) is 62.2 Å². The maximum absolute atomic E-state index is 13.8. The van der Waals surface area contributed by atoms with E-state index in [0.29, 0.717) is 23.6 Å². The number of rotatable bonds is 5.